The lowest BCUT2D eigenvalue weighted by Crippen LogP contribution is -2.17. The van der Waals surface area contributed by atoms with Crippen LogP contribution in [-0.4, -0.2) is 17.6 Å². The highest BCUT2D eigenvalue weighted by atomic mass is 15.0. The number of nitrogens with one attached hydrogen (secondary N) is 1. The Bertz CT molecular complexity index is 273. The minimum atomic E-state index is 0.422. The molecule has 2 unspecified atom stereocenters. The molecule has 14 heavy (non-hydrogen) atoms. The summed E-state index contributed by atoms with van der Waals surface area (Å²) in [5.74, 6) is 1.69. The average Bonchev–Trinajstić information content (AvgIpc) is 2.63. The first-order valence-corrected chi connectivity index (χ1v) is 5.25. The van der Waals surface area contributed by atoms with Crippen LogP contribution in [0.15, 0.2) is 24.4 Å². The molecule has 3 nitrogen and oxygen atoms in total. The SMILES string of the molecule is NC1CCC(CNc2ccccn2)C1. The van der Waals surface area contributed by atoms with Gasteiger partial charge in [-0.05, 0) is 37.3 Å². The molecule has 3 heteroatoms. The van der Waals surface area contributed by atoms with Gasteiger partial charge < -0.3 is 11.1 Å². The van der Waals surface area contributed by atoms with Gasteiger partial charge in [-0.15, -0.1) is 0 Å². The summed E-state index contributed by atoms with van der Waals surface area (Å²) in [6.07, 6.45) is 5.39. The molecule has 1 saturated carbocycles. The van der Waals surface area contributed by atoms with Crippen molar-refractivity contribution in [3.05, 3.63) is 24.4 Å². The fraction of sp³-hybridized carbons (Fsp3) is 0.545. The Labute approximate surface area is 84.7 Å². The number of hydrogen-bond donors (Lipinski definition) is 2. The third kappa shape index (κ3) is 2.45. The van der Waals surface area contributed by atoms with E-state index in [0.717, 1.165) is 24.7 Å². The second-order valence-corrected chi connectivity index (χ2v) is 4.04. The maximum Gasteiger partial charge on any atom is 0.125 e. The van der Waals surface area contributed by atoms with Crippen molar-refractivity contribution in [1.82, 2.24) is 4.98 Å². The first kappa shape index (κ1) is 9.46. The monoisotopic (exact) mass is 191 g/mol. The molecular weight excluding hydrogens is 174 g/mol. The van der Waals surface area contributed by atoms with Crippen LogP contribution in [0.25, 0.3) is 0 Å². The first-order valence-electron chi connectivity index (χ1n) is 5.25. The Balaban J connectivity index is 1.78. The van der Waals surface area contributed by atoms with E-state index < -0.39 is 0 Å². The Morgan fingerprint density at radius 1 is 1.43 bits per heavy atom. The van der Waals surface area contributed by atoms with Crippen molar-refractivity contribution in [1.29, 1.82) is 0 Å². The van der Waals surface area contributed by atoms with Crippen LogP contribution >= 0.6 is 0 Å². The van der Waals surface area contributed by atoms with Crippen molar-refractivity contribution in [3.63, 3.8) is 0 Å². The number of anilines is 1. The zero-order valence-electron chi connectivity index (χ0n) is 8.32. The normalized spacial score (nSPS) is 26.4. The number of hydrogen-bond acceptors (Lipinski definition) is 3. The quantitative estimate of drug-likeness (QED) is 0.763. The van der Waals surface area contributed by atoms with E-state index in [1.165, 1.54) is 12.8 Å². The summed E-state index contributed by atoms with van der Waals surface area (Å²) in [6, 6.07) is 6.34. The van der Waals surface area contributed by atoms with Gasteiger partial charge in [-0.3, -0.25) is 0 Å². The Kier molecular flexibility index (Phi) is 2.99. The number of rotatable bonds is 3. The van der Waals surface area contributed by atoms with Crippen LogP contribution < -0.4 is 11.1 Å². The van der Waals surface area contributed by atoms with E-state index in [-0.39, 0.29) is 0 Å². The first-order chi connectivity index (χ1) is 6.84. The summed E-state index contributed by atoms with van der Waals surface area (Å²) < 4.78 is 0. The van der Waals surface area contributed by atoms with Gasteiger partial charge in [0.2, 0.25) is 0 Å². The number of pyridine rings is 1. The summed E-state index contributed by atoms with van der Waals surface area (Å²) in [5, 5.41) is 3.34. The Hall–Kier alpha value is -1.09. The van der Waals surface area contributed by atoms with Crippen LogP contribution in [0.5, 0.6) is 0 Å². The van der Waals surface area contributed by atoms with Crippen molar-refractivity contribution in [2.45, 2.75) is 25.3 Å². The molecule has 0 bridgehead atoms. The third-order valence-electron chi connectivity index (χ3n) is 2.82. The molecule has 3 N–H and O–H groups in total. The van der Waals surface area contributed by atoms with Gasteiger partial charge in [-0.1, -0.05) is 6.07 Å². The summed E-state index contributed by atoms with van der Waals surface area (Å²) in [6.45, 7) is 1.00. The predicted octanol–water partition coefficient (Wildman–Crippen LogP) is 1.62. The van der Waals surface area contributed by atoms with Gasteiger partial charge in [0.25, 0.3) is 0 Å². The fourth-order valence-electron chi connectivity index (χ4n) is 2.02. The number of nitrogens with zero attached hydrogens (tertiary/aromatic N) is 1. The van der Waals surface area contributed by atoms with Crippen LogP contribution in [0, 0.1) is 5.92 Å². The van der Waals surface area contributed by atoms with E-state index in [4.69, 9.17) is 5.73 Å². The molecule has 2 atom stereocenters. The van der Waals surface area contributed by atoms with E-state index in [1.54, 1.807) is 0 Å². The van der Waals surface area contributed by atoms with Crippen LogP contribution in [0.4, 0.5) is 5.82 Å². The molecule has 2 rings (SSSR count). The van der Waals surface area contributed by atoms with Gasteiger partial charge in [0, 0.05) is 18.8 Å². The van der Waals surface area contributed by atoms with Gasteiger partial charge in [0.1, 0.15) is 5.82 Å². The van der Waals surface area contributed by atoms with Gasteiger partial charge >= 0.3 is 0 Å². The second kappa shape index (κ2) is 4.42. The van der Waals surface area contributed by atoms with Crippen LogP contribution in [0.1, 0.15) is 19.3 Å². The standard InChI is InChI=1S/C11H17N3/c12-10-5-4-9(7-10)8-14-11-3-1-2-6-13-11/h1-3,6,9-10H,4-5,7-8,12H2,(H,13,14). The molecule has 0 spiro atoms. The molecule has 1 aliphatic carbocycles. The molecule has 1 fully saturated rings. The van der Waals surface area contributed by atoms with E-state index in [9.17, 15) is 0 Å². The largest absolute Gasteiger partial charge is 0.370 e. The molecule has 1 aliphatic rings. The summed E-state index contributed by atoms with van der Waals surface area (Å²) in [5.41, 5.74) is 5.85. The zero-order valence-corrected chi connectivity index (χ0v) is 8.32. The van der Waals surface area contributed by atoms with E-state index in [1.807, 2.05) is 24.4 Å². The Morgan fingerprint density at radius 3 is 3.00 bits per heavy atom. The lowest BCUT2D eigenvalue weighted by molar-refractivity contribution is 0.565. The smallest absolute Gasteiger partial charge is 0.125 e. The minimum absolute atomic E-state index is 0.422. The van der Waals surface area contributed by atoms with Crippen molar-refractivity contribution in [2.24, 2.45) is 11.7 Å². The molecule has 0 aliphatic heterocycles. The fourth-order valence-corrected chi connectivity index (χ4v) is 2.02. The summed E-state index contributed by atoms with van der Waals surface area (Å²) >= 11 is 0. The molecule has 0 saturated heterocycles. The van der Waals surface area contributed by atoms with Crippen molar-refractivity contribution in [2.75, 3.05) is 11.9 Å². The predicted molar refractivity (Wildman–Crippen MR) is 58.0 cm³/mol. The maximum atomic E-state index is 5.85. The lowest BCUT2D eigenvalue weighted by Gasteiger charge is -2.10. The van der Waals surface area contributed by atoms with Gasteiger partial charge in [0.05, 0.1) is 0 Å². The molecule has 0 amide bonds. The van der Waals surface area contributed by atoms with E-state index in [0.29, 0.717) is 6.04 Å². The number of nitrogens with two attached hydrogens (primary N) is 1. The van der Waals surface area contributed by atoms with Crippen molar-refractivity contribution < 1.29 is 0 Å². The van der Waals surface area contributed by atoms with E-state index in [2.05, 4.69) is 10.3 Å². The van der Waals surface area contributed by atoms with Crippen molar-refractivity contribution in [3.8, 4) is 0 Å². The molecule has 0 aromatic carbocycles. The molecule has 1 aromatic rings. The molecule has 1 heterocycles. The highest BCUT2D eigenvalue weighted by Gasteiger charge is 2.21. The second-order valence-electron chi connectivity index (χ2n) is 4.04. The van der Waals surface area contributed by atoms with Gasteiger partial charge in [-0.2, -0.15) is 0 Å². The van der Waals surface area contributed by atoms with Crippen LogP contribution in [-0.2, 0) is 0 Å². The highest BCUT2D eigenvalue weighted by molar-refractivity contribution is 5.33. The highest BCUT2D eigenvalue weighted by Crippen LogP contribution is 2.23. The number of aromatic nitrogens is 1. The molecule has 0 radical (unpaired) electrons. The summed E-state index contributed by atoms with van der Waals surface area (Å²) in [4.78, 5) is 4.22. The molecule has 76 valence electrons. The lowest BCUT2D eigenvalue weighted by atomic mass is 10.1. The summed E-state index contributed by atoms with van der Waals surface area (Å²) in [7, 11) is 0. The Morgan fingerprint density at radius 2 is 2.36 bits per heavy atom. The van der Waals surface area contributed by atoms with Crippen molar-refractivity contribution >= 4 is 5.82 Å². The third-order valence-corrected chi connectivity index (χ3v) is 2.82. The molecular formula is C11H17N3. The van der Waals surface area contributed by atoms with Crippen LogP contribution in [0.2, 0.25) is 0 Å². The maximum absolute atomic E-state index is 5.85. The van der Waals surface area contributed by atoms with Gasteiger partial charge in [0.15, 0.2) is 0 Å². The zero-order chi connectivity index (χ0) is 9.80. The average molecular weight is 191 g/mol. The van der Waals surface area contributed by atoms with Gasteiger partial charge in [-0.25, -0.2) is 4.98 Å². The van der Waals surface area contributed by atoms with Crippen LogP contribution in [0.3, 0.4) is 0 Å². The topological polar surface area (TPSA) is 50.9 Å². The van der Waals surface area contributed by atoms with E-state index >= 15 is 0 Å². The molecule has 1 aromatic heterocycles. The minimum Gasteiger partial charge on any atom is -0.370 e.